The van der Waals surface area contributed by atoms with E-state index >= 15 is 0 Å². The van der Waals surface area contributed by atoms with E-state index in [1.165, 1.54) is 12.7 Å². The monoisotopic (exact) mass is 283 g/mol. The van der Waals surface area contributed by atoms with E-state index < -0.39 is 0 Å². The first kappa shape index (κ1) is 13.5. The zero-order valence-corrected chi connectivity index (χ0v) is 12.1. The number of hydrogen-bond acceptors (Lipinski definition) is 4. The maximum Gasteiger partial charge on any atom is 0.337 e. The third-order valence-electron chi connectivity index (χ3n) is 3.65. The van der Waals surface area contributed by atoms with E-state index in [1.54, 1.807) is 6.07 Å². The maximum atomic E-state index is 11.7. The van der Waals surface area contributed by atoms with Gasteiger partial charge in [-0.25, -0.2) is 4.79 Å². The number of carbonyl (C=O) groups is 1. The minimum atomic E-state index is -0.340. The van der Waals surface area contributed by atoms with E-state index in [9.17, 15) is 4.79 Å². The first-order chi connectivity index (χ1) is 10.2. The number of methoxy groups -OCH3 is 1. The van der Waals surface area contributed by atoms with Crippen LogP contribution in [-0.4, -0.2) is 26.2 Å². The molecule has 2 aromatic rings. The second kappa shape index (κ2) is 5.48. The largest absolute Gasteiger partial charge is 0.490 e. The third kappa shape index (κ3) is 2.44. The van der Waals surface area contributed by atoms with Crippen LogP contribution in [0.25, 0.3) is 0 Å². The fraction of sp³-hybridized carbons (Fsp3) is 0.235. The lowest BCUT2D eigenvalue weighted by molar-refractivity contribution is 0.0600. The molecular formula is C17H17NO3. The van der Waals surface area contributed by atoms with Gasteiger partial charge < -0.3 is 14.4 Å². The fourth-order valence-corrected chi connectivity index (χ4v) is 2.58. The number of carbonyl (C=O) groups excluding carboxylic acids is 1. The number of anilines is 2. The van der Waals surface area contributed by atoms with Crippen LogP contribution in [0, 0.1) is 6.92 Å². The summed E-state index contributed by atoms with van der Waals surface area (Å²) in [5.74, 6) is 0.449. The molecule has 1 aliphatic heterocycles. The topological polar surface area (TPSA) is 38.8 Å². The van der Waals surface area contributed by atoms with E-state index in [0.29, 0.717) is 12.2 Å². The van der Waals surface area contributed by atoms with E-state index in [2.05, 4.69) is 24.0 Å². The Hall–Kier alpha value is -2.49. The predicted octanol–water partition coefficient (Wildman–Crippen LogP) is 3.31. The lowest BCUT2D eigenvalue weighted by Gasteiger charge is -2.32. The van der Waals surface area contributed by atoms with Crippen molar-refractivity contribution < 1.29 is 14.3 Å². The van der Waals surface area contributed by atoms with Crippen molar-refractivity contribution in [3.63, 3.8) is 0 Å². The summed E-state index contributed by atoms with van der Waals surface area (Å²) in [6.45, 7) is 3.45. The molecule has 0 bridgehead atoms. The van der Waals surface area contributed by atoms with Crippen LogP contribution in [0.3, 0.4) is 0 Å². The Morgan fingerprint density at radius 3 is 2.76 bits per heavy atom. The van der Waals surface area contributed by atoms with Crippen molar-refractivity contribution in [3.8, 4) is 5.75 Å². The zero-order chi connectivity index (χ0) is 14.8. The Kier molecular flexibility index (Phi) is 3.52. The molecule has 0 saturated carbocycles. The highest BCUT2D eigenvalue weighted by molar-refractivity contribution is 5.92. The van der Waals surface area contributed by atoms with E-state index in [1.807, 2.05) is 24.3 Å². The van der Waals surface area contributed by atoms with Gasteiger partial charge in [0, 0.05) is 5.69 Å². The first-order valence-electron chi connectivity index (χ1n) is 6.89. The Balaban J connectivity index is 2.08. The van der Waals surface area contributed by atoms with Crippen LogP contribution >= 0.6 is 0 Å². The number of hydrogen-bond donors (Lipinski definition) is 0. The Labute approximate surface area is 123 Å². The van der Waals surface area contributed by atoms with Gasteiger partial charge in [0.05, 0.1) is 24.9 Å². The molecule has 0 aliphatic carbocycles. The van der Waals surface area contributed by atoms with Gasteiger partial charge in [-0.3, -0.25) is 0 Å². The molecule has 0 atom stereocenters. The minimum absolute atomic E-state index is 0.340. The SMILES string of the molecule is COC(=O)c1ccc2c(c1)N(c1ccccc1C)CCO2. The van der Waals surface area contributed by atoms with Crippen LogP contribution in [0.15, 0.2) is 42.5 Å². The van der Waals surface area contributed by atoms with Crippen molar-refractivity contribution in [2.45, 2.75) is 6.92 Å². The van der Waals surface area contributed by atoms with Gasteiger partial charge in [-0.2, -0.15) is 0 Å². The summed E-state index contributed by atoms with van der Waals surface area (Å²) < 4.78 is 10.5. The molecule has 4 nitrogen and oxygen atoms in total. The van der Waals surface area contributed by atoms with Gasteiger partial charge in [-0.1, -0.05) is 18.2 Å². The molecule has 0 amide bonds. The average Bonchev–Trinajstić information content (AvgIpc) is 2.53. The number of rotatable bonds is 2. The Morgan fingerprint density at radius 1 is 1.19 bits per heavy atom. The zero-order valence-electron chi connectivity index (χ0n) is 12.1. The number of para-hydroxylation sites is 1. The standard InChI is InChI=1S/C17H17NO3/c1-12-5-3-4-6-14(12)18-9-10-21-16-8-7-13(11-15(16)18)17(19)20-2/h3-8,11H,9-10H2,1-2H3. The predicted molar refractivity (Wildman–Crippen MR) is 81.5 cm³/mol. The molecule has 21 heavy (non-hydrogen) atoms. The van der Waals surface area contributed by atoms with Crippen molar-refractivity contribution in [1.82, 2.24) is 0 Å². The average molecular weight is 283 g/mol. The van der Waals surface area contributed by atoms with Crippen molar-refractivity contribution >= 4 is 17.3 Å². The molecule has 0 saturated heterocycles. The molecule has 1 heterocycles. The van der Waals surface area contributed by atoms with Crippen LogP contribution in [0.5, 0.6) is 5.75 Å². The summed E-state index contributed by atoms with van der Waals surface area (Å²) in [6, 6.07) is 13.6. The number of aryl methyl sites for hydroxylation is 1. The normalized spacial score (nSPS) is 13.3. The summed E-state index contributed by atoms with van der Waals surface area (Å²) in [6.07, 6.45) is 0. The number of benzene rings is 2. The number of ether oxygens (including phenoxy) is 2. The molecule has 0 radical (unpaired) electrons. The van der Waals surface area contributed by atoms with Gasteiger partial charge in [0.2, 0.25) is 0 Å². The van der Waals surface area contributed by atoms with Crippen molar-refractivity contribution in [2.75, 3.05) is 25.2 Å². The van der Waals surface area contributed by atoms with Crippen LogP contribution in [0.2, 0.25) is 0 Å². The van der Waals surface area contributed by atoms with Gasteiger partial charge in [-0.05, 0) is 36.8 Å². The highest BCUT2D eigenvalue weighted by atomic mass is 16.5. The number of nitrogens with zero attached hydrogens (tertiary/aromatic N) is 1. The lowest BCUT2D eigenvalue weighted by atomic mass is 10.1. The molecule has 2 aromatic carbocycles. The molecule has 0 spiro atoms. The Morgan fingerprint density at radius 2 is 2.00 bits per heavy atom. The molecule has 0 fully saturated rings. The van der Waals surface area contributed by atoms with E-state index in [0.717, 1.165) is 23.7 Å². The van der Waals surface area contributed by atoms with Gasteiger partial charge in [0.25, 0.3) is 0 Å². The van der Waals surface area contributed by atoms with Crippen LogP contribution < -0.4 is 9.64 Å². The van der Waals surface area contributed by atoms with Gasteiger partial charge >= 0.3 is 5.97 Å². The molecular weight excluding hydrogens is 266 g/mol. The second-order valence-corrected chi connectivity index (χ2v) is 4.96. The maximum absolute atomic E-state index is 11.7. The van der Waals surface area contributed by atoms with E-state index in [4.69, 9.17) is 9.47 Å². The minimum Gasteiger partial charge on any atom is -0.490 e. The van der Waals surface area contributed by atoms with Crippen molar-refractivity contribution in [3.05, 3.63) is 53.6 Å². The van der Waals surface area contributed by atoms with Gasteiger partial charge in [-0.15, -0.1) is 0 Å². The molecule has 3 rings (SSSR count). The fourth-order valence-electron chi connectivity index (χ4n) is 2.58. The molecule has 108 valence electrons. The van der Waals surface area contributed by atoms with Gasteiger partial charge in [0.1, 0.15) is 12.4 Å². The van der Waals surface area contributed by atoms with Crippen molar-refractivity contribution in [2.24, 2.45) is 0 Å². The first-order valence-corrected chi connectivity index (χ1v) is 6.89. The summed E-state index contributed by atoms with van der Waals surface area (Å²) in [7, 11) is 1.39. The Bertz CT molecular complexity index is 681. The smallest absolute Gasteiger partial charge is 0.337 e. The second-order valence-electron chi connectivity index (χ2n) is 4.96. The highest BCUT2D eigenvalue weighted by Gasteiger charge is 2.22. The van der Waals surface area contributed by atoms with Crippen LogP contribution in [0.4, 0.5) is 11.4 Å². The summed E-state index contributed by atoms with van der Waals surface area (Å²) in [4.78, 5) is 13.9. The molecule has 1 aliphatic rings. The molecule has 0 unspecified atom stereocenters. The van der Waals surface area contributed by atoms with Crippen LogP contribution in [0.1, 0.15) is 15.9 Å². The third-order valence-corrected chi connectivity index (χ3v) is 3.65. The summed E-state index contributed by atoms with van der Waals surface area (Å²) in [5, 5.41) is 0. The van der Waals surface area contributed by atoms with Crippen LogP contribution in [-0.2, 0) is 4.74 Å². The van der Waals surface area contributed by atoms with E-state index in [-0.39, 0.29) is 5.97 Å². The lowest BCUT2D eigenvalue weighted by Crippen LogP contribution is -2.29. The quantitative estimate of drug-likeness (QED) is 0.793. The summed E-state index contributed by atoms with van der Waals surface area (Å²) >= 11 is 0. The van der Waals surface area contributed by atoms with Gasteiger partial charge in [0.15, 0.2) is 0 Å². The number of fused-ring (bicyclic) bond motifs is 1. The number of esters is 1. The molecule has 4 heteroatoms. The summed E-state index contributed by atoms with van der Waals surface area (Å²) in [5.41, 5.74) is 3.75. The molecule has 0 aromatic heterocycles. The molecule has 0 N–H and O–H groups in total. The highest BCUT2D eigenvalue weighted by Crippen LogP contribution is 2.38. The van der Waals surface area contributed by atoms with Crippen molar-refractivity contribution in [1.29, 1.82) is 0 Å².